The molecule has 0 aromatic carbocycles. The van der Waals surface area contributed by atoms with Crippen molar-refractivity contribution in [1.82, 2.24) is 0 Å². The molecule has 0 radical (unpaired) electrons. The molecule has 2 nitrogen and oxygen atoms in total. The van der Waals surface area contributed by atoms with E-state index >= 15 is 0 Å². The van der Waals surface area contributed by atoms with Crippen LogP contribution in [0.2, 0.25) is 0 Å². The van der Waals surface area contributed by atoms with Gasteiger partial charge in [-0.25, -0.2) is 0 Å². The molecular weight excluding hydrogens is 252 g/mol. The molecule has 0 saturated heterocycles. The Labute approximate surface area is 70.9 Å². The van der Waals surface area contributed by atoms with Gasteiger partial charge in [0.15, 0.2) is 0 Å². The van der Waals surface area contributed by atoms with Crippen LogP contribution in [-0.4, -0.2) is 27.2 Å². The lowest BCUT2D eigenvalue weighted by molar-refractivity contribution is -0.110. The van der Waals surface area contributed by atoms with Gasteiger partial charge in [-0.05, 0) is 6.92 Å². The van der Waals surface area contributed by atoms with Crippen molar-refractivity contribution >= 4 is 38.1 Å². The summed E-state index contributed by atoms with van der Waals surface area (Å²) in [6.07, 6.45) is 0.668. The third-order valence-electron chi connectivity index (χ3n) is 0.984. The Morgan fingerprint density at radius 2 is 2.33 bits per heavy atom. The molecule has 4 heteroatoms. The second kappa shape index (κ2) is 3.68. The van der Waals surface area contributed by atoms with Gasteiger partial charge in [0.1, 0.15) is 6.29 Å². The number of halogens is 2. The van der Waals surface area contributed by atoms with E-state index in [1.165, 1.54) is 0 Å². The van der Waals surface area contributed by atoms with Crippen molar-refractivity contribution in [3.8, 4) is 0 Å². The van der Waals surface area contributed by atoms with Crippen LogP contribution in [0.15, 0.2) is 0 Å². The van der Waals surface area contributed by atoms with Gasteiger partial charge in [0, 0.05) is 5.33 Å². The summed E-state index contributed by atoms with van der Waals surface area (Å²) in [6.45, 7) is 1.58. The minimum atomic E-state index is -0.984. The maximum atomic E-state index is 10.1. The highest BCUT2D eigenvalue weighted by Crippen LogP contribution is 2.17. The predicted octanol–water partition coefficient (Wildman–Crippen LogP) is 1.09. The van der Waals surface area contributed by atoms with Crippen molar-refractivity contribution in [2.24, 2.45) is 0 Å². The number of alkyl halides is 2. The fourth-order valence-corrected chi connectivity index (χ4v) is 1.17. The Hall–Kier alpha value is 0.590. The number of carbonyl (C=O) groups is 1. The Kier molecular flexibility index (Phi) is 3.93. The van der Waals surface area contributed by atoms with E-state index < -0.39 is 10.4 Å². The molecule has 0 saturated carbocycles. The molecule has 0 aliphatic rings. The monoisotopic (exact) mass is 258 g/mol. The lowest BCUT2D eigenvalue weighted by atomic mass is 10.1. The fourth-order valence-electron chi connectivity index (χ4n) is 0.220. The topological polar surface area (TPSA) is 37.3 Å². The summed E-state index contributed by atoms with van der Waals surface area (Å²) < 4.78 is 0. The summed E-state index contributed by atoms with van der Waals surface area (Å²) in [4.78, 5) is 9.59. The van der Waals surface area contributed by atoms with Gasteiger partial charge in [-0.15, -0.1) is 0 Å². The van der Waals surface area contributed by atoms with Crippen LogP contribution in [0.5, 0.6) is 0 Å². The maximum Gasteiger partial charge on any atom is 0.136 e. The van der Waals surface area contributed by atoms with Crippen LogP contribution < -0.4 is 0 Å². The smallest absolute Gasteiger partial charge is 0.136 e. The first-order chi connectivity index (χ1) is 4.04. The van der Waals surface area contributed by atoms with Gasteiger partial charge >= 0.3 is 0 Å². The van der Waals surface area contributed by atoms with Crippen LogP contribution in [0.1, 0.15) is 6.92 Å². The molecule has 0 spiro atoms. The largest absolute Gasteiger partial charge is 0.388 e. The van der Waals surface area contributed by atoms with Crippen LogP contribution in [0, 0.1) is 0 Å². The number of rotatable bonds is 3. The van der Waals surface area contributed by atoms with E-state index in [9.17, 15) is 9.90 Å². The van der Waals surface area contributed by atoms with Gasteiger partial charge in [-0.2, -0.15) is 0 Å². The second-order valence-electron chi connectivity index (χ2n) is 2.03. The molecule has 0 amide bonds. The van der Waals surface area contributed by atoms with Crippen molar-refractivity contribution in [1.29, 1.82) is 0 Å². The summed E-state index contributed by atoms with van der Waals surface area (Å²) in [5, 5.41) is 9.65. The lowest BCUT2D eigenvalue weighted by Gasteiger charge is -2.21. The van der Waals surface area contributed by atoms with Crippen molar-refractivity contribution in [3.63, 3.8) is 0 Å². The van der Waals surface area contributed by atoms with Crippen LogP contribution in [0.4, 0.5) is 0 Å². The molecule has 2 atom stereocenters. The maximum absolute atomic E-state index is 10.1. The number of aliphatic hydroxyl groups is 1. The van der Waals surface area contributed by atoms with Gasteiger partial charge < -0.3 is 9.90 Å². The Bertz CT molecular complexity index is 103. The minimum absolute atomic E-state index is 0.384. The molecule has 0 fully saturated rings. The van der Waals surface area contributed by atoms with E-state index in [1.807, 2.05) is 0 Å². The molecule has 0 aliphatic heterocycles. The SMILES string of the molecule is CC(O)(CBr)C(Br)C=O. The third kappa shape index (κ3) is 2.78. The van der Waals surface area contributed by atoms with E-state index in [0.717, 1.165) is 0 Å². The van der Waals surface area contributed by atoms with Crippen LogP contribution >= 0.6 is 31.9 Å². The average Bonchev–Trinajstić information content (AvgIpc) is 1.86. The molecule has 1 N–H and O–H groups in total. The van der Waals surface area contributed by atoms with Gasteiger partial charge in [-0.3, -0.25) is 0 Å². The first-order valence-electron chi connectivity index (χ1n) is 2.42. The summed E-state index contributed by atoms with van der Waals surface area (Å²) in [5.41, 5.74) is -0.984. The lowest BCUT2D eigenvalue weighted by Crippen LogP contribution is -2.37. The Morgan fingerprint density at radius 1 is 1.89 bits per heavy atom. The van der Waals surface area contributed by atoms with Crippen LogP contribution in [0.25, 0.3) is 0 Å². The zero-order valence-electron chi connectivity index (χ0n) is 4.97. The molecule has 9 heavy (non-hydrogen) atoms. The standard InChI is InChI=1S/C5H8Br2O2/c1-5(9,3-6)4(7)2-8/h2,4,9H,3H2,1H3. The van der Waals surface area contributed by atoms with Crippen molar-refractivity contribution < 1.29 is 9.90 Å². The van der Waals surface area contributed by atoms with Gasteiger partial charge in [0.05, 0.1) is 10.4 Å². The average molecular weight is 260 g/mol. The molecule has 0 heterocycles. The summed E-state index contributed by atoms with van der Waals surface area (Å²) in [6, 6.07) is 0. The first kappa shape index (κ1) is 9.59. The van der Waals surface area contributed by atoms with E-state index in [4.69, 9.17) is 0 Å². The molecule has 0 aromatic rings. The molecule has 54 valence electrons. The molecular formula is C5H8Br2O2. The molecule has 0 rings (SSSR count). The highest BCUT2D eigenvalue weighted by molar-refractivity contribution is 9.10. The Morgan fingerprint density at radius 3 is 2.44 bits per heavy atom. The Balaban J connectivity index is 3.95. The van der Waals surface area contributed by atoms with Crippen molar-refractivity contribution in [2.45, 2.75) is 17.4 Å². The fraction of sp³-hybridized carbons (Fsp3) is 0.800. The molecule has 0 bridgehead atoms. The number of carbonyl (C=O) groups excluding carboxylic acids is 1. The van der Waals surface area contributed by atoms with Gasteiger partial charge in [0.2, 0.25) is 0 Å². The number of hydrogen-bond acceptors (Lipinski definition) is 2. The number of aldehydes is 1. The quantitative estimate of drug-likeness (QED) is 0.609. The predicted molar refractivity (Wildman–Crippen MR) is 43.2 cm³/mol. The second-order valence-corrected chi connectivity index (χ2v) is 3.58. The summed E-state index contributed by atoms with van der Waals surface area (Å²) in [7, 11) is 0. The zero-order chi connectivity index (χ0) is 7.49. The highest BCUT2D eigenvalue weighted by Gasteiger charge is 2.27. The van der Waals surface area contributed by atoms with Crippen LogP contribution in [-0.2, 0) is 4.79 Å². The van der Waals surface area contributed by atoms with Crippen LogP contribution in [0.3, 0.4) is 0 Å². The molecule has 0 aliphatic carbocycles. The van der Waals surface area contributed by atoms with E-state index in [1.54, 1.807) is 6.92 Å². The normalized spacial score (nSPS) is 20.4. The molecule has 2 unspecified atom stereocenters. The van der Waals surface area contributed by atoms with E-state index in [0.29, 0.717) is 11.6 Å². The van der Waals surface area contributed by atoms with E-state index in [-0.39, 0.29) is 0 Å². The van der Waals surface area contributed by atoms with Crippen molar-refractivity contribution in [2.75, 3.05) is 5.33 Å². The number of hydrogen-bond donors (Lipinski definition) is 1. The first-order valence-corrected chi connectivity index (χ1v) is 4.46. The molecule has 0 aromatic heterocycles. The highest BCUT2D eigenvalue weighted by atomic mass is 79.9. The van der Waals surface area contributed by atoms with Gasteiger partial charge in [-0.1, -0.05) is 31.9 Å². The summed E-state index contributed by atoms with van der Waals surface area (Å²) in [5.74, 6) is 0. The zero-order valence-corrected chi connectivity index (χ0v) is 8.15. The van der Waals surface area contributed by atoms with Gasteiger partial charge in [0.25, 0.3) is 0 Å². The third-order valence-corrected chi connectivity index (χ3v) is 3.32. The van der Waals surface area contributed by atoms with Crippen molar-refractivity contribution in [3.05, 3.63) is 0 Å². The van der Waals surface area contributed by atoms with E-state index in [2.05, 4.69) is 31.9 Å². The summed E-state index contributed by atoms with van der Waals surface area (Å²) >= 11 is 6.08. The minimum Gasteiger partial charge on any atom is -0.388 e.